The Bertz CT molecular complexity index is 248. The molecule has 0 aromatic rings. The molecule has 1 aliphatic heterocycles. The molecule has 1 heterocycles. The first-order valence-corrected chi connectivity index (χ1v) is 6.75. The molecule has 0 aromatic heterocycles. The van der Waals surface area contributed by atoms with Crippen molar-refractivity contribution in [3.63, 3.8) is 0 Å². The number of hydrogen-bond donors (Lipinski definition) is 0. The monoisotopic (exact) mass is 242 g/mol. The molecule has 2 fully saturated rings. The third-order valence-corrected chi connectivity index (χ3v) is 3.50. The highest BCUT2D eigenvalue weighted by molar-refractivity contribution is 5.75. The number of rotatable bonds is 5. The van der Waals surface area contributed by atoms with Crippen LogP contribution in [0, 0.1) is 5.92 Å². The van der Waals surface area contributed by atoms with Crippen molar-refractivity contribution in [2.45, 2.75) is 57.8 Å². The second kappa shape index (κ2) is 6.36. The molecular formula is C13H22O4. The molecule has 0 bridgehead atoms. The van der Waals surface area contributed by atoms with Crippen LogP contribution < -0.4 is 0 Å². The molecule has 0 aromatic carbocycles. The average molecular weight is 242 g/mol. The summed E-state index contributed by atoms with van der Waals surface area (Å²) in [6.07, 6.45) is 6.06. The Balaban J connectivity index is 1.71. The van der Waals surface area contributed by atoms with Crippen LogP contribution in [-0.4, -0.2) is 31.6 Å². The summed E-state index contributed by atoms with van der Waals surface area (Å²) in [5.74, 6) is 0.211. The van der Waals surface area contributed by atoms with Gasteiger partial charge in [-0.3, -0.25) is 0 Å². The van der Waals surface area contributed by atoms with Crippen LogP contribution in [0.25, 0.3) is 0 Å². The van der Waals surface area contributed by atoms with Crippen LogP contribution in [0.5, 0.6) is 0 Å². The summed E-state index contributed by atoms with van der Waals surface area (Å²) in [5, 5.41) is 0. The van der Waals surface area contributed by atoms with Gasteiger partial charge in [-0.1, -0.05) is 26.2 Å². The first-order valence-electron chi connectivity index (χ1n) is 6.75. The fourth-order valence-electron chi connectivity index (χ4n) is 2.43. The van der Waals surface area contributed by atoms with Crippen molar-refractivity contribution < 1.29 is 19.0 Å². The van der Waals surface area contributed by atoms with Crippen molar-refractivity contribution in [2.24, 2.45) is 5.92 Å². The highest BCUT2D eigenvalue weighted by Gasteiger charge is 2.37. The van der Waals surface area contributed by atoms with Crippen LogP contribution in [0.1, 0.15) is 45.4 Å². The second-order valence-electron chi connectivity index (χ2n) is 4.89. The van der Waals surface area contributed by atoms with Crippen molar-refractivity contribution in [1.29, 1.82) is 0 Å². The highest BCUT2D eigenvalue weighted by Crippen LogP contribution is 2.32. The third kappa shape index (κ3) is 3.42. The Hall–Kier alpha value is -0.610. The number of carbonyl (C=O) groups is 1. The van der Waals surface area contributed by atoms with Crippen LogP contribution in [0.4, 0.5) is 0 Å². The minimum atomic E-state index is -0.502. The van der Waals surface area contributed by atoms with Crippen LogP contribution >= 0.6 is 0 Å². The molecule has 0 amide bonds. The molecule has 2 aliphatic rings. The smallest absolute Gasteiger partial charge is 0.337 e. The number of hydrogen-bond acceptors (Lipinski definition) is 4. The predicted octanol–water partition coefficient (Wildman–Crippen LogP) is 2.26. The lowest BCUT2D eigenvalue weighted by atomic mass is 10.1. The quantitative estimate of drug-likeness (QED) is 0.548. The van der Waals surface area contributed by atoms with E-state index in [0.717, 1.165) is 25.7 Å². The van der Waals surface area contributed by atoms with Crippen molar-refractivity contribution in [2.75, 3.05) is 13.2 Å². The van der Waals surface area contributed by atoms with E-state index in [9.17, 15) is 4.79 Å². The van der Waals surface area contributed by atoms with Crippen molar-refractivity contribution in [3.8, 4) is 0 Å². The van der Waals surface area contributed by atoms with Gasteiger partial charge in [0.25, 0.3) is 0 Å². The van der Waals surface area contributed by atoms with Crippen LogP contribution in [0.3, 0.4) is 0 Å². The van der Waals surface area contributed by atoms with Gasteiger partial charge >= 0.3 is 5.97 Å². The molecule has 98 valence electrons. The summed E-state index contributed by atoms with van der Waals surface area (Å²) in [4.78, 5) is 11.7. The molecule has 2 unspecified atom stereocenters. The van der Waals surface area contributed by atoms with E-state index in [1.54, 1.807) is 0 Å². The zero-order valence-electron chi connectivity index (χ0n) is 10.5. The molecule has 17 heavy (non-hydrogen) atoms. The zero-order chi connectivity index (χ0) is 12.1. The minimum Gasteiger partial charge on any atom is -0.464 e. The van der Waals surface area contributed by atoms with Crippen molar-refractivity contribution in [3.05, 3.63) is 0 Å². The molecule has 1 aliphatic carbocycles. The predicted molar refractivity (Wildman–Crippen MR) is 62.4 cm³/mol. The van der Waals surface area contributed by atoms with E-state index in [1.807, 2.05) is 0 Å². The standard InChI is InChI=1S/C13H22O4/c1-2-3-8-15-12(14)11-9-16-13(17-11)10-6-4-5-7-10/h10-11,13H,2-9H2,1H3. The van der Waals surface area contributed by atoms with Gasteiger partial charge in [0, 0.05) is 5.92 Å². The summed E-state index contributed by atoms with van der Waals surface area (Å²) in [5.41, 5.74) is 0. The molecule has 1 saturated carbocycles. The molecule has 0 radical (unpaired) electrons. The first-order chi connectivity index (χ1) is 8.31. The van der Waals surface area contributed by atoms with Gasteiger partial charge in [0.1, 0.15) is 0 Å². The van der Waals surface area contributed by atoms with E-state index < -0.39 is 6.10 Å². The topological polar surface area (TPSA) is 44.8 Å². The van der Waals surface area contributed by atoms with Crippen molar-refractivity contribution >= 4 is 5.97 Å². The minimum absolute atomic E-state index is 0.179. The molecule has 2 atom stereocenters. The van der Waals surface area contributed by atoms with Gasteiger partial charge < -0.3 is 14.2 Å². The summed E-state index contributed by atoms with van der Waals surface area (Å²) in [6, 6.07) is 0. The maximum absolute atomic E-state index is 11.7. The van der Waals surface area contributed by atoms with E-state index in [-0.39, 0.29) is 12.3 Å². The maximum Gasteiger partial charge on any atom is 0.337 e. The Kier molecular flexibility index (Phi) is 4.80. The lowest BCUT2D eigenvalue weighted by Gasteiger charge is -2.16. The van der Waals surface area contributed by atoms with Gasteiger partial charge in [0.15, 0.2) is 12.4 Å². The maximum atomic E-state index is 11.7. The molecule has 2 rings (SSSR count). The fourth-order valence-corrected chi connectivity index (χ4v) is 2.43. The second-order valence-corrected chi connectivity index (χ2v) is 4.89. The Morgan fingerprint density at radius 2 is 2.12 bits per heavy atom. The van der Waals surface area contributed by atoms with Crippen molar-refractivity contribution in [1.82, 2.24) is 0 Å². The highest BCUT2D eigenvalue weighted by atomic mass is 16.7. The largest absolute Gasteiger partial charge is 0.464 e. The van der Waals surface area contributed by atoms with E-state index in [1.165, 1.54) is 12.8 Å². The van der Waals surface area contributed by atoms with E-state index >= 15 is 0 Å². The third-order valence-electron chi connectivity index (χ3n) is 3.50. The van der Waals surface area contributed by atoms with E-state index in [4.69, 9.17) is 14.2 Å². The van der Waals surface area contributed by atoms with Gasteiger partial charge in [-0.15, -0.1) is 0 Å². The number of unbranched alkanes of at least 4 members (excludes halogenated alkanes) is 1. The fraction of sp³-hybridized carbons (Fsp3) is 0.923. The van der Waals surface area contributed by atoms with Crippen LogP contribution in [0.15, 0.2) is 0 Å². The molecular weight excluding hydrogens is 220 g/mol. The molecule has 4 heteroatoms. The summed E-state index contributed by atoms with van der Waals surface area (Å²) in [6.45, 7) is 2.91. The van der Waals surface area contributed by atoms with Gasteiger partial charge in [-0.05, 0) is 19.3 Å². The Labute approximate surface area is 103 Å². The number of carbonyl (C=O) groups excluding carboxylic acids is 1. The molecule has 0 spiro atoms. The SMILES string of the molecule is CCCCOC(=O)C1COC(C2CCCC2)O1. The Morgan fingerprint density at radius 3 is 2.82 bits per heavy atom. The summed E-state index contributed by atoms with van der Waals surface area (Å²) >= 11 is 0. The Morgan fingerprint density at radius 1 is 1.35 bits per heavy atom. The van der Waals surface area contributed by atoms with Crippen LogP contribution in [-0.2, 0) is 19.0 Å². The molecule has 1 saturated heterocycles. The van der Waals surface area contributed by atoms with Crippen LogP contribution in [0.2, 0.25) is 0 Å². The first kappa shape index (κ1) is 12.8. The lowest BCUT2D eigenvalue weighted by Crippen LogP contribution is -2.27. The van der Waals surface area contributed by atoms with Gasteiger partial charge in [-0.2, -0.15) is 0 Å². The normalized spacial score (nSPS) is 29.7. The van der Waals surface area contributed by atoms with Gasteiger partial charge in [0.2, 0.25) is 0 Å². The van der Waals surface area contributed by atoms with Gasteiger partial charge in [-0.25, -0.2) is 4.79 Å². The van der Waals surface area contributed by atoms with Gasteiger partial charge in [0.05, 0.1) is 13.2 Å². The average Bonchev–Trinajstić information content (AvgIpc) is 3.00. The summed E-state index contributed by atoms with van der Waals surface area (Å²) < 4.78 is 16.3. The number of ether oxygens (including phenoxy) is 3. The summed E-state index contributed by atoms with van der Waals surface area (Å²) in [7, 11) is 0. The molecule has 4 nitrogen and oxygen atoms in total. The lowest BCUT2D eigenvalue weighted by molar-refractivity contribution is -0.160. The zero-order valence-corrected chi connectivity index (χ0v) is 10.5. The number of esters is 1. The van der Waals surface area contributed by atoms with E-state index in [0.29, 0.717) is 19.1 Å². The van der Waals surface area contributed by atoms with E-state index in [2.05, 4.69) is 6.92 Å². The molecule has 0 N–H and O–H groups in total.